The van der Waals surface area contributed by atoms with Crippen LogP contribution in [0.4, 0.5) is 23.3 Å². The number of hydrogen-bond donors (Lipinski definition) is 2. The zero-order chi connectivity index (χ0) is 24.3. The van der Waals surface area contributed by atoms with Crippen LogP contribution in [0.5, 0.6) is 0 Å². The molecule has 0 unspecified atom stereocenters. The van der Waals surface area contributed by atoms with E-state index in [1.807, 2.05) is 18.2 Å². The highest BCUT2D eigenvalue weighted by Crippen LogP contribution is 2.26. The van der Waals surface area contributed by atoms with Crippen LogP contribution in [0, 0.1) is 0 Å². The quantitative estimate of drug-likeness (QED) is 0.469. The van der Waals surface area contributed by atoms with Crippen molar-refractivity contribution in [2.24, 2.45) is 0 Å². The molecule has 0 amide bonds. The van der Waals surface area contributed by atoms with Gasteiger partial charge in [0.15, 0.2) is 11.6 Å². The van der Waals surface area contributed by atoms with E-state index in [-0.39, 0.29) is 18.1 Å². The number of Topliss-reactive ketones (excluding diaryl/α,β-unsaturated/α-hetero) is 1. The monoisotopic (exact) mass is 501 g/mol. The topological polar surface area (TPSA) is 130 Å². The maximum Gasteiger partial charge on any atom is 0.233 e. The summed E-state index contributed by atoms with van der Waals surface area (Å²) in [5.41, 5.74) is 3.57. The molecule has 2 aromatic heterocycles. The summed E-state index contributed by atoms with van der Waals surface area (Å²) in [5, 5.41) is 6.56. The predicted octanol–water partition coefficient (Wildman–Crippen LogP) is 3.12. The van der Waals surface area contributed by atoms with Crippen LogP contribution in [0.25, 0.3) is 0 Å². The van der Waals surface area contributed by atoms with Gasteiger partial charge < -0.3 is 10.6 Å². The summed E-state index contributed by atoms with van der Waals surface area (Å²) in [7, 11) is -2.08. The average Bonchev–Trinajstić information content (AvgIpc) is 2.99. The lowest BCUT2D eigenvalue weighted by molar-refractivity contribution is -0.118. The lowest BCUT2D eigenvalue weighted by Gasteiger charge is -2.18. The smallest absolute Gasteiger partial charge is 0.233 e. The van der Waals surface area contributed by atoms with Crippen LogP contribution in [0.3, 0.4) is 0 Å². The minimum Gasteiger partial charge on any atom is -0.363 e. The van der Waals surface area contributed by atoms with E-state index in [2.05, 4.69) is 30.6 Å². The summed E-state index contributed by atoms with van der Waals surface area (Å²) in [6.45, 7) is 0.145. The number of nitrogens with one attached hydrogen (secondary N) is 2. The Hall–Kier alpha value is -3.31. The Morgan fingerprint density at radius 1 is 1.06 bits per heavy atom. The van der Waals surface area contributed by atoms with Crippen LogP contribution in [0.1, 0.15) is 29.7 Å². The molecule has 178 valence electrons. The molecule has 34 heavy (non-hydrogen) atoms. The van der Waals surface area contributed by atoms with Crippen molar-refractivity contribution < 1.29 is 13.2 Å². The van der Waals surface area contributed by atoms with Gasteiger partial charge >= 0.3 is 0 Å². The van der Waals surface area contributed by atoms with Gasteiger partial charge in [0, 0.05) is 38.0 Å². The number of halogens is 1. The molecule has 0 saturated carbocycles. The number of aromatic nitrogens is 4. The molecule has 1 aliphatic rings. The van der Waals surface area contributed by atoms with Gasteiger partial charge in [-0.3, -0.25) is 14.1 Å². The second-order valence-electron chi connectivity index (χ2n) is 7.95. The van der Waals surface area contributed by atoms with Gasteiger partial charge in [0.05, 0.1) is 19.0 Å². The Morgan fingerprint density at radius 3 is 2.56 bits per heavy atom. The first kappa shape index (κ1) is 23.8. The van der Waals surface area contributed by atoms with Crippen LogP contribution in [-0.4, -0.2) is 47.4 Å². The van der Waals surface area contributed by atoms with Gasteiger partial charge in [0.2, 0.25) is 16.0 Å². The fourth-order valence-corrected chi connectivity index (χ4v) is 4.23. The van der Waals surface area contributed by atoms with Crippen molar-refractivity contribution in [2.45, 2.75) is 32.2 Å². The van der Waals surface area contributed by atoms with E-state index in [0.29, 0.717) is 35.3 Å². The SMILES string of the molecule is CN(c1nccnc1CNc1nc(Nc2ccc3c(c2)CCC(=O)CC3)ncc1Cl)S(C)(=O)=O. The largest absolute Gasteiger partial charge is 0.363 e. The minimum atomic E-state index is -3.50. The molecule has 0 spiro atoms. The zero-order valence-corrected chi connectivity index (χ0v) is 20.3. The molecule has 1 aliphatic carbocycles. The van der Waals surface area contributed by atoms with E-state index in [1.165, 1.54) is 31.2 Å². The first-order chi connectivity index (χ1) is 16.2. The number of carbonyl (C=O) groups excluding carboxylic acids is 1. The lowest BCUT2D eigenvalue weighted by atomic mass is 10.0. The van der Waals surface area contributed by atoms with Crippen molar-refractivity contribution in [3.63, 3.8) is 0 Å². The number of benzene rings is 1. The molecule has 0 aliphatic heterocycles. The highest BCUT2D eigenvalue weighted by Gasteiger charge is 2.19. The van der Waals surface area contributed by atoms with Crippen molar-refractivity contribution in [2.75, 3.05) is 28.2 Å². The van der Waals surface area contributed by atoms with Crippen LogP contribution in [0.15, 0.2) is 36.8 Å². The van der Waals surface area contributed by atoms with Crippen molar-refractivity contribution in [3.05, 3.63) is 58.6 Å². The number of nitrogens with zero attached hydrogens (tertiary/aromatic N) is 5. The molecule has 0 atom stereocenters. The average molecular weight is 502 g/mol. The maximum absolute atomic E-state index is 11.9. The molecule has 0 radical (unpaired) electrons. The number of anilines is 4. The van der Waals surface area contributed by atoms with Crippen molar-refractivity contribution in [1.82, 2.24) is 19.9 Å². The van der Waals surface area contributed by atoms with Crippen LogP contribution >= 0.6 is 11.6 Å². The van der Waals surface area contributed by atoms with E-state index < -0.39 is 10.0 Å². The molecule has 0 saturated heterocycles. The van der Waals surface area contributed by atoms with Gasteiger partial charge in [-0.2, -0.15) is 4.98 Å². The molecule has 2 N–H and O–H groups in total. The number of fused-ring (bicyclic) bond motifs is 1. The number of aryl methyl sites for hydroxylation is 2. The van der Waals surface area contributed by atoms with E-state index in [4.69, 9.17) is 11.6 Å². The Morgan fingerprint density at radius 2 is 1.79 bits per heavy atom. The molecule has 4 rings (SSSR count). The molecule has 0 bridgehead atoms. The van der Waals surface area contributed by atoms with Gasteiger partial charge in [0.1, 0.15) is 16.5 Å². The third-order valence-electron chi connectivity index (χ3n) is 5.52. The maximum atomic E-state index is 11.9. The normalized spacial score (nSPS) is 13.7. The van der Waals surface area contributed by atoms with Crippen LogP contribution in [-0.2, 0) is 34.2 Å². The Labute approximate surface area is 202 Å². The summed E-state index contributed by atoms with van der Waals surface area (Å²) in [6.07, 6.45) is 8.11. The molecule has 3 aromatic rings. The standard InChI is InChI=1S/C22H24ClN7O3S/c1-30(34(2,32)33)21-19(24-9-10-25-21)13-26-20-18(23)12-27-22(29-20)28-16-6-3-14-4-7-17(31)8-5-15(14)11-16/h3,6,9-12H,4-5,7-8,13H2,1-2H3,(H2,26,27,28,29). The van der Waals surface area contributed by atoms with Gasteiger partial charge in [-0.25, -0.2) is 18.4 Å². The number of hydrogen-bond acceptors (Lipinski definition) is 9. The molecule has 12 heteroatoms. The number of rotatable bonds is 7. The first-order valence-electron chi connectivity index (χ1n) is 10.6. The van der Waals surface area contributed by atoms with Gasteiger partial charge in [0.25, 0.3) is 0 Å². The Balaban J connectivity index is 1.51. The van der Waals surface area contributed by atoms with Crippen molar-refractivity contribution in [3.8, 4) is 0 Å². The molecular weight excluding hydrogens is 478 g/mol. The van der Waals surface area contributed by atoms with Crippen LogP contribution in [0.2, 0.25) is 5.02 Å². The van der Waals surface area contributed by atoms with E-state index in [1.54, 1.807) is 0 Å². The fraction of sp³-hybridized carbons (Fsp3) is 0.318. The summed E-state index contributed by atoms with van der Waals surface area (Å²) < 4.78 is 24.9. The van der Waals surface area contributed by atoms with Gasteiger partial charge in [-0.15, -0.1) is 0 Å². The molecule has 1 aromatic carbocycles. The Kier molecular flexibility index (Phi) is 6.94. The van der Waals surface area contributed by atoms with Crippen molar-refractivity contribution in [1.29, 1.82) is 0 Å². The highest BCUT2D eigenvalue weighted by atomic mass is 35.5. The second kappa shape index (κ2) is 9.90. The van der Waals surface area contributed by atoms with E-state index in [0.717, 1.165) is 34.7 Å². The third-order valence-corrected chi connectivity index (χ3v) is 6.97. The fourth-order valence-electron chi connectivity index (χ4n) is 3.61. The molecule has 10 nitrogen and oxygen atoms in total. The number of carbonyl (C=O) groups is 1. The summed E-state index contributed by atoms with van der Waals surface area (Å²) in [5.74, 6) is 1.20. The molecular formula is C22H24ClN7O3S. The van der Waals surface area contributed by atoms with E-state index >= 15 is 0 Å². The molecule has 0 fully saturated rings. The van der Waals surface area contributed by atoms with Crippen LogP contribution < -0.4 is 14.9 Å². The first-order valence-corrected chi connectivity index (χ1v) is 12.8. The van der Waals surface area contributed by atoms with E-state index in [9.17, 15) is 13.2 Å². The summed E-state index contributed by atoms with van der Waals surface area (Å²) in [6, 6.07) is 5.98. The Bertz CT molecular complexity index is 1330. The number of ketones is 1. The van der Waals surface area contributed by atoms with Crippen molar-refractivity contribution >= 4 is 50.7 Å². The predicted molar refractivity (Wildman–Crippen MR) is 131 cm³/mol. The third kappa shape index (κ3) is 5.60. The van der Waals surface area contributed by atoms with Gasteiger partial charge in [-0.05, 0) is 36.1 Å². The van der Waals surface area contributed by atoms with Gasteiger partial charge in [-0.1, -0.05) is 17.7 Å². The summed E-state index contributed by atoms with van der Waals surface area (Å²) >= 11 is 6.28. The number of sulfonamides is 1. The second-order valence-corrected chi connectivity index (χ2v) is 10.4. The summed E-state index contributed by atoms with van der Waals surface area (Å²) in [4.78, 5) is 28.9. The lowest BCUT2D eigenvalue weighted by Crippen LogP contribution is -2.27. The zero-order valence-electron chi connectivity index (χ0n) is 18.7. The minimum absolute atomic E-state index is 0.145. The molecule has 2 heterocycles. The highest BCUT2D eigenvalue weighted by molar-refractivity contribution is 7.92.